The lowest BCUT2D eigenvalue weighted by molar-refractivity contribution is -0.137. The summed E-state index contributed by atoms with van der Waals surface area (Å²) >= 11 is 0. The molecule has 2 aromatic heterocycles. The topological polar surface area (TPSA) is 134 Å². The van der Waals surface area contributed by atoms with E-state index >= 15 is 0 Å². The van der Waals surface area contributed by atoms with Gasteiger partial charge in [0.2, 0.25) is 16.0 Å². The van der Waals surface area contributed by atoms with Crippen molar-refractivity contribution in [3.63, 3.8) is 0 Å². The van der Waals surface area contributed by atoms with Crippen molar-refractivity contribution in [3.05, 3.63) is 59.9 Å². The fourth-order valence-corrected chi connectivity index (χ4v) is 4.00. The van der Waals surface area contributed by atoms with Crippen LogP contribution in [0.3, 0.4) is 0 Å². The Labute approximate surface area is 200 Å². The molecule has 0 aliphatic rings. The maximum Gasteiger partial charge on any atom is 0.421 e. The molecule has 35 heavy (non-hydrogen) atoms. The van der Waals surface area contributed by atoms with Crippen LogP contribution in [0.4, 0.5) is 36.4 Å². The van der Waals surface area contributed by atoms with Gasteiger partial charge in [0.1, 0.15) is 17.2 Å². The summed E-state index contributed by atoms with van der Waals surface area (Å²) < 4.78 is 88.5. The number of aromatic nitrogens is 3. The summed E-state index contributed by atoms with van der Waals surface area (Å²) in [5.41, 5.74) is -0.456. The van der Waals surface area contributed by atoms with Gasteiger partial charge in [-0.2, -0.15) is 18.2 Å². The first-order valence-corrected chi connectivity index (χ1v) is 13.5. The van der Waals surface area contributed by atoms with E-state index in [1.165, 1.54) is 49.6 Å². The molecular formula is C20H21F3N6O4S2. The van der Waals surface area contributed by atoms with E-state index < -0.39 is 37.4 Å². The van der Waals surface area contributed by atoms with Crippen LogP contribution < -0.4 is 14.9 Å². The highest BCUT2D eigenvalue weighted by Crippen LogP contribution is 2.34. The predicted octanol–water partition coefficient (Wildman–Crippen LogP) is 3.05. The molecule has 0 atom stereocenters. The molecule has 2 heterocycles. The maximum absolute atomic E-state index is 13.6. The molecule has 3 rings (SSSR count). The standard InChI is InChI=1S/C20H21F3N6O4S2/c1-29(35(3,32)33)18-13(5-4-10-24-18)11-25-17-16(20(21,22)23)12-26-19(28-17)27-14-6-8-15(9-7-14)34(2,30)31/h4-10,12H,11H2,1-3H3,(H2,25,26,27,28). The molecule has 2 N–H and O–H groups in total. The van der Waals surface area contributed by atoms with E-state index in [1.807, 2.05) is 0 Å². The molecule has 0 spiro atoms. The number of hydrogen-bond donors (Lipinski definition) is 2. The third-order valence-corrected chi connectivity index (χ3v) is 7.04. The van der Waals surface area contributed by atoms with Gasteiger partial charge in [-0.3, -0.25) is 4.31 Å². The zero-order chi connectivity index (χ0) is 26.0. The molecule has 0 saturated heterocycles. The number of alkyl halides is 3. The van der Waals surface area contributed by atoms with Crippen molar-refractivity contribution < 1.29 is 30.0 Å². The zero-order valence-corrected chi connectivity index (χ0v) is 20.3. The number of rotatable bonds is 8. The fourth-order valence-electron chi connectivity index (χ4n) is 2.89. The number of sulfonamides is 1. The monoisotopic (exact) mass is 530 g/mol. The van der Waals surface area contributed by atoms with Crippen molar-refractivity contribution in [1.82, 2.24) is 15.0 Å². The molecule has 0 radical (unpaired) electrons. The van der Waals surface area contributed by atoms with E-state index in [4.69, 9.17) is 0 Å². The minimum Gasteiger partial charge on any atom is -0.365 e. The van der Waals surface area contributed by atoms with Crippen molar-refractivity contribution in [2.75, 3.05) is 34.5 Å². The van der Waals surface area contributed by atoms with Crippen LogP contribution in [-0.2, 0) is 32.6 Å². The highest BCUT2D eigenvalue weighted by molar-refractivity contribution is 7.92. The van der Waals surface area contributed by atoms with Crippen LogP contribution in [0.5, 0.6) is 0 Å². The van der Waals surface area contributed by atoms with Crippen LogP contribution in [0.2, 0.25) is 0 Å². The summed E-state index contributed by atoms with van der Waals surface area (Å²) in [4.78, 5) is 11.7. The lowest BCUT2D eigenvalue weighted by Crippen LogP contribution is -2.27. The highest BCUT2D eigenvalue weighted by Gasteiger charge is 2.35. The molecule has 0 aliphatic carbocycles. The van der Waals surface area contributed by atoms with E-state index in [2.05, 4.69) is 25.6 Å². The van der Waals surface area contributed by atoms with Crippen molar-refractivity contribution >= 4 is 43.1 Å². The molecule has 0 amide bonds. The Morgan fingerprint density at radius 2 is 1.66 bits per heavy atom. The van der Waals surface area contributed by atoms with E-state index in [-0.39, 0.29) is 23.2 Å². The Bertz CT molecular complexity index is 1430. The van der Waals surface area contributed by atoms with Crippen molar-refractivity contribution in [1.29, 1.82) is 0 Å². The van der Waals surface area contributed by atoms with Gasteiger partial charge >= 0.3 is 6.18 Å². The summed E-state index contributed by atoms with van der Waals surface area (Å²) in [5.74, 6) is -0.665. The van der Waals surface area contributed by atoms with Gasteiger partial charge in [0.25, 0.3) is 0 Å². The Morgan fingerprint density at radius 3 is 2.23 bits per heavy atom. The number of nitrogens with one attached hydrogen (secondary N) is 2. The van der Waals surface area contributed by atoms with Crippen molar-refractivity contribution in [2.45, 2.75) is 17.6 Å². The lowest BCUT2D eigenvalue weighted by atomic mass is 10.2. The quantitative estimate of drug-likeness (QED) is 0.451. The number of benzene rings is 1. The second-order valence-electron chi connectivity index (χ2n) is 7.45. The van der Waals surface area contributed by atoms with Crippen molar-refractivity contribution in [2.24, 2.45) is 0 Å². The normalized spacial score (nSPS) is 12.3. The summed E-state index contributed by atoms with van der Waals surface area (Å²) in [6.07, 6.45) is -0.767. The number of halogens is 3. The van der Waals surface area contributed by atoms with Gasteiger partial charge in [0.05, 0.1) is 11.2 Å². The molecule has 0 fully saturated rings. The molecule has 1 aromatic carbocycles. The number of pyridine rings is 1. The van der Waals surface area contributed by atoms with Crippen LogP contribution in [-0.4, -0.2) is 51.3 Å². The average molecular weight is 531 g/mol. The Hall–Kier alpha value is -3.46. The molecular weight excluding hydrogens is 509 g/mol. The number of hydrogen-bond acceptors (Lipinski definition) is 9. The SMILES string of the molecule is CN(c1ncccc1CNc1nc(Nc2ccc(S(C)(=O)=O)cc2)ncc1C(F)(F)F)S(C)(=O)=O. The van der Waals surface area contributed by atoms with Crippen LogP contribution in [0.1, 0.15) is 11.1 Å². The van der Waals surface area contributed by atoms with E-state index in [9.17, 15) is 30.0 Å². The first kappa shape index (κ1) is 26.2. The number of nitrogens with zero attached hydrogens (tertiary/aromatic N) is 4. The van der Waals surface area contributed by atoms with Crippen molar-refractivity contribution in [3.8, 4) is 0 Å². The first-order chi connectivity index (χ1) is 16.2. The lowest BCUT2D eigenvalue weighted by Gasteiger charge is -2.20. The van der Waals surface area contributed by atoms with Gasteiger partial charge in [-0.15, -0.1) is 0 Å². The Balaban J connectivity index is 1.90. The van der Waals surface area contributed by atoms with Gasteiger partial charge in [-0.05, 0) is 30.3 Å². The molecule has 0 saturated carbocycles. The summed E-state index contributed by atoms with van der Waals surface area (Å²) in [7, 11) is -5.79. The van der Waals surface area contributed by atoms with E-state index in [0.29, 0.717) is 17.4 Å². The highest BCUT2D eigenvalue weighted by atomic mass is 32.2. The van der Waals surface area contributed by atoms with Gasteiger partial charge < -0.3 is 10.6 Å². The van der Waals surface area contributed by atoms with Gasteiger partial charge in [-0.1, -0.05) is 6.07 Å². The molecule has 0 aliphatic heterocycles. The van der Waals surface area contributed by atoms with Crippen LogP contribution in [0.25, 0.3) is 0 Å². The molecule has 15 heteroatoms. The second kappa shape index (κ2) is 9.65. The fraction of sp³-hybridized carbons (Fsp3) is 0.250. The summed E-state index contributed by atoms with van der Waals surface area (Å²) in [6.45, 7) is -0.217. The average Bonchev–Trinajstić information content (AvgIpc) is 2.76. The van der Waals surface area contributed by atoms with Gasteiger partial charge in [0.15, 0.2) is 9.84 Å². The number of anilines is 4. The Morgan fingerprint density at radius 1 is 1.00 bits per heavy atom. The predicted molar refractivity (Wildman–Crippen MR) is 125 cm³/mol. The third kappa shape index (κ3) is 6.57. The minimum atomic E-state index is -4.76. The largest absolute Gasteiger partial charge is 0.421 e. The van der Waals surface area contributed by atoms with E-state index in [0.717, 1.165) is 16.8 Å². The minimum absolute atomic E-state index is 0.0504. The van der Waals surface area contributed by atoms with Crippen LogP contribution in [0.15, 0.2) is 53.7 Å². The molecule has 0 bridgehead atoms. The smallest absolute Gasteiger partial charge is 0.365 e. The van der Waals surface area contributed by atoms with Gasteiger partial charge in [-0.25, -0.2) is 26.8 Å². The number of sulfone groups is 1. The second-order valence-corrected chi connectivity index (χ2v) is 11.5. The van der Waals surface area contributed by atoms with Gasteiger partial charge in [0, 0.05) is 43.5 Å². The molecule has 188 valence electrons. The summed E-state index contributed by atoms with van der Waals surface area (Å²) in [5, 5.41) is 5.31. The first-order valence-electron chi connectivity index (χ1n) is 9.79. The van der Waals surface area contributed by atoms with Crippen LogP contribution in [0, 0.1) is 0 Å². The van der Waals surface area contributed by atoms with E-state index in [1.54, 1.807) is 0 Å². The van der Waals surface area contributed by atoms with Crippen LogP contribution >= 0.6 is 0 Å². The maximum atomic E-state index is 13.6. The molecule has 10 nitrogen and oxygen atoms in total. The molecule has 0 unspecified atom stereocenters. The summed E-state index contributed by atoms with van der Waals surface area (Å²) in [6, 6.07) is 8.57. The third-order valence-electron chi connectivity index (χ3n) is 4.74. The molecule has 3 aromatic rings. The Kier molecular flexibility index (Phi) is 7.21. The zero-order valence-electron chi connectivity index (χ0n) is 18.7.